The quantitative estimate of drug-likeness (QED) is 0.810. The molecule has 1 unspecified atom stereocenters. The molecule has 5 nitrogen and oxygen atoms in total. The number of hydrogen-bond donors (Lipinski definition) is 1. The molecule has 1 atom stereocenters. The van der Waals surface area contributed by atoms with Gasteiger partial charge in [0.25, 0.3) is 0 Å². The van der Waals surface area contributed by atoms with E-state index in [1.165, 1.54) is 0 Å². The molecule has 1 aromatic heterocycles. The van der Waals surface area contributed by atoms with E-state index >= 15 is 0 Å². The lowest BCUT2D eigenvalue weighted by atomic mass is 9.97. The third-order valence-electron chi connectivity index (χ3n) is 4.90. The summed E-state index contributed by atoms with van der Waals surface area (Å²) >= 11 is 1.70. The van der Waals surface area contributed by atoms with Gasteiger partial charge in [0.2, 0.25) is 11.8 Å². The zero-order valence-corrected chi connectivity index (χ0v) is 16.1. The molecule has 1 saturated carbocycles. The van der Waals surface area contributed by atoms with Crippen molar-refractivity contribution in [2.24, 2.45) is 11.8 Å². The van der Waals surface area contributed by atoms with Crippen molar-refractivity contribution in [2.75, 3.05) is 19.6 Å². The second-order valence-electron chi connectivity index (χ2n) is 7.77. The SMILES string of the molecule is CC(C)CC(=O)N1CCCC(c2nc(CCNC(=O)C3CC3)cs2)C1. The van der Waals surface area contributed by atoms with Crippen molar-refractivity contribution in [3.8, 4) is 0 Å². The Kier molecular flexibility index (Phi) is 6.10. The van der Waals surface area contributed by atoms with Gasteiger partial charge in [-0.2, -0.15) is 0 Å². The first-order valence-electron chi connectivity index (χ1n) is 9.52. The lowest BCUT2D eigenvalue weighted by Gasteiger charge is -2.32. The standard InChI is InChI=1S/C19H29N3O2S/c1-13(2)10-17(23)22-9-3-4-15(11-22)19-21-16(12-25-19)7-8-20-18(24)14-5-6-14/h12-15H,3-11H2,1-2H3,(H,20,24). The number of rotatable bonds is 7. The van der Waals surface area contributed by atoms with E-state index in [1.807, 2.05) is 4.90 Å². The minimum Gasteiger partial charge on any atom is -0.355 e. The minimum absolute atomic E-state index is 0.196. The zero-order chi connectivity index (χ0) is 17.8. The van der Waals surface area contributed by atoms with Gasteiger partial charge in [0.1, 0.15) is 0 Å². The topological polar surface area (TPSA) is 62.3 Å². The molecular weight excluding hydrogens is 334 g/mol. The highest BCUT2D eigenvalue weighted by Gasteiger charge is 2.29. The second kappa shape index (κ2) is 8.30. The van der Waals surface area contributed by atoms with Gasteiger partial charge in [0.05, 0.1) is 10.7 Å². The molecule has 1 saturated heterocycles. The Morgan fingerprint density at radius 1 is 1.36 bits per heavy atom. The molecular formula is C19H29N3O2S. The summed E-state index contributed by atoms with van der Waals surface area (Å²) < 4.78 is 0. The third-order valence-corrected chi connectivity index (χ3v) is 5.96. The fourth-order valence-corrected chi connectivity index (χ4v) is 4.29. The Hall–Kier alpha value is -1.43. The third kappa shape index (κ3) is 5.27. The number of carbonyl (C=O) groups excluding carboxylic acids is 2. The maximum Gasteiger partial charge on any atom is 0.223 e. The summed E-state index contributed by atoms with van der Waals surface area (Å²) in [4.78, 5) is 30.8. The van der Waals surface area contributed by atoms with Crippen LogP contribution in [0.1, 0.15) is 62.6 Å². The van der Waals surface area contributed by atoms with Crippen LogP contribution < -0.4 is 5.32 Å². The first-order valence-corrected chi connectivity index (χ1v) is 10.4. The van der Waals surface area contributed by atoms with Crippen LogP contribution in [0.3, 0.4) is 0 Å². The smallest absolute Gasteiger partial charge is 0.223 e. The molecule has 0 spiro atoms. The summed E-state index contributed by atoms with van der Waals surface area (Å²) in [6.07, 6.45) is 5.67. The van der Waals surface area contributed by atoms with E-state index in [9.17, 15) is 9.59 Å². The summed E-state index contributed by atoms with van der Waals surface area (Å²) in [5.74, 6) is 1.51. The molecule has 0 bridgehead atoms. The van der Waals surface area contributed by atoms with Gasteiger partial charge < -0.3 is 10.2 Å². The molecule has 1 aliphatic carbocycles. The van der Waals surface area contributed by atoms with E-state index in [2.05, 4.69) is 24.5 Å². The Morgan fingerprint density at radius 2 is 2.16 bits per heavy atom. The van der Waals surface area contributed by atoms with Crippen LogP contribution in [0.4, 0.5) is 0 Å². The molecule has 138 valence electrons. The maximum atomic E-state index is 12.3. The first-order chi connectivity index (χ1) is 12.0. The number of thiazole rings is 1. The lowest BCUT2D eigenvalue weighted by Crippen LogP contribution is -2.39. The Morgan fingerprint density at radius 3 is 2.88 bits per heavy atom. The largest absolute Gasteiger partial charge is 0.355 e. The van der Waals surface area contributed by atoms with Gasteiger partial charge in [-0.1, -0.05) is 13.8 Å². The molecule has 2 heterocycles. The van der Waals surface area contributed by atoms with Crippen molar-refractivity contribution in [3.05, 3.63) is 16.1 Å². The molecule has 1 N–H and O–H groups in total. The lowest BCUT2D eigenvalue weighted by molar-refractivity contribution is -0.133. The molecule has 1 aromatic rings. The minimum atomic E-state index is 0.196. The zero-order valence-electron chi connectivity index (χ0n) is 15.3. The number of nitrogens with zero attached hydrogens (tertiary/aromatic N) is 2. The van der Waals surface area contributed by atoms with E-state index in [-0.39, 0.29) is 17.7 Å². The fraction of sp³-hybridized carbons (Fsp3) is 0.737. The highest BCUT2D eigenvalue weighted by Crippen LogP contribution is 2.30. The first kappa shape index (κ1) is 18.4. The van der Waals surface area contributed by atoms with E-state index in [0.717, 1.165) is 55.9 Å². The van der Waals surface area contributed by atoms with Crippen LogP contribution in [-0.4, -0.2) is 41.3 Å². The summed E-state index contributed by atoms with van der Waals surface area (Å²) in [7, 11) is 0. The fourth-order valence-electron chi connectivity index (χ4n) is 3.31. The average molecular weight is 364 g/mol. The van der Waals surface area contributed by atoms with Crippen molar-refractivity contribution in [2.45, 2.75) is 58.3 Å². The number of amides is 2. The predicted octanol–water partition coefficient (Wildman–Crippen LogP) is 2.96. The molecule has 3 rings (SSSR count). The van der Waals surface area contributed by atoms with Crippen LogP contribution in [0.15, 0.2) is 5.38 Å². The average Bonchev–Trinajstić information content (AvgIpc) is 3.33. The number of carbonyl (C=O) groups is 2. The van der Waals surface area contributed by atoms with E-state index in [0.29, 0.717) is 24.8 Å². The predicted molar refractivity (Wildman–Crippen MR) is 99.6 cm³/mol. The van der Waals surface area contributed by atoms with E-state index in [4.69, 9.17) is 4.98 Å². The van der Waals surface area contributed by atoms with Gasteiger partial charge in [-0.25, -0.2) is 4.98 Å². The summed E-state index contributed by atoms with van der Waals surface area (Å²) in [5, 5.41) is 6.24. The molecule has 0 radical (unpaired) electrons. The molecule has 25 heavy (non-hydrogen) atoms. The Balaban J connectivity index is 1.48. The van der Waals surface area contributed by atoms with E-state index < -0.39 is 0 Å². The van der Waals surface area contributed by atoms with Crippen molar-refractivity contribution in [1.82, 2.24) is 15.2 Å². The number of piperidine rings is 1. The van der Waals surface area contributed by atoms with Gasteiger partial charge >= 0.3 is 0 Å². The van der Waals surface area contributed by atoms with Crippen molar-refractivity contribution in [3.63, 3.8) is 0 Å². The highest BCUT2D eigenvalue weighted by molar-refractivity contribution is 7.09. The van der Waals surface area contributed by atoms with Crippen LogP contribution in [0.2, 0.25) is 0 Å². The van der Waals surface area contributed by atoms with Crippen molar-refractivity contribution >= 4 is 23.2 Å². The number of likely N-dealkylation sites (tertiary alicyclic amines) is 1. The molecule has 6 heteroatoms. The molecule has 2 amide bonds. The number of aromatic nitrogens is 1. The molecule has 2 aliphatic rings. The normalized spacial score (nSPS) is 20.8. The van der Waals surface area contributed by atoms with Gasteiger partial charge in [0.15, 0.2) is 0 Å². The molecule has 0 aromatic carbocycles. The van der Waals surface area contributed by atoms with Crippen LogP contribution in [-0.2, 0) is 16.0 Å². The van der Waals surface area contributed by atoms with Gasteiger partial charge in [-0.15, -0.1) is 11.3 Å². The van der Waals surface area contributed by atoms with Crippen molar-refractivity contribution in [1.29, 1.82) is 0 Å². The summed E-state index contributed by atoms with van der Waals surface area (Å²) in [6.45, 7) is 6.54. The Labute approximate surface area is 154 Å². The Bertz CT molecular complexity index is 610. The van der Waals surface area contributed by atoms with Gasteiger partial charge in [-0.05, 0) is 31.6 Å². The van der Waals surface area contributed by atoms with Crippen molar-refractivity contribution < 1.29 is 9.59 Å². The van der Waals surface area contributed by atoms with Crippen LogP contribution in [0.5, 0.6) is 0 Å². The summed E-state index contributed by atoms with van der Waals surface area (Å²) in [5.41, 5.74) is 1.06. The molecule has 1 aliphatic heterocycles. The van der Waals surface area contributed by atoms with Crippen LogP contribution in [0, 0.1) is 11.8 Å². The second-order valence-corrected chi connectivity index (χ2v) is 8.66. The summed E-state index contributed by atoms with van der Waals surface area (Å²) in [6, 6.07) is 0. The monoisotopic (exact) mass is 363 g/mol. The highest BCUT2D eigenvalue weighted by atomic mass is 32.1. The number of hydrogen-bond acceptors (Lipinski definition) is 4. The van der Waals surface area contributed by atoms with Gasteiger partial charge in [0, 0.05) is 49.7 Å². The van der Waals surface area contributed by atoms with E-state index in [1.54, 1.807) is 11.3 Å². The van der Waals surface area contributed by atoms with Crippen LogP contribution in [0.25, 0.3) is 0 Å². The van der Waals surface area contributed by atoms with Crippen LogP contribution >= 0.6 is 11.3 Å². The van der Waals surface area contributed by atoms with Gasteiger partial charge in [-0.3, -0.25) is 9.59 Å². The maximum absolute atomic E-state index is 12.3. The molecule has 2 fully saturated rings. The number of nitrogens with one attached hydrogen (secondary N) is 1.